The van der Waals surface area contributed by atoms with Crippen LogP contribution in [-0.2, 0) is 9.53 Å². The van der Waals surface area contributed by atoms with Gasteiger partial charge in [-0.2, -0.15) is 0 Å². The molecule has 0 amide bonds. The van der Waals surface area contributed by atoms with Gasteiger partial charge in [0.2, 0.25) is 0 Å². The first-order valence-corrected chi connectivity index (χ1v) is 8.06. The number of esters is 1. The van der Waals surface area contributed by atoms with Crippen molar-refractivity contribution in [2.75, 3.05) is 7.11 Å². The summed E-state index contributed by atoms with van der Waals surface area (Å²) in [5.74, 6) is 0.780. The van der Waals surface area contributed by atoms with Crippen molar-refractivity contribution in [1.29, 1.82) is 0 Å². The number of nitrogens with one attached hydrogen (secondary N) is 1. The van der Waals surface area contributed by atoms with Crippen LogP contribution in [0.25, 0.3) is 0 Å². The number of carbonyl (C=O) groups is 1. The molecule has 2 saturated carbocycles. The third-order valence-electron chi connectivity index (χ3n) is 5.07. The van der Waals surface area contributed by atoms with Crippen LogP contribution in [-0.4, -0.2) is 24.7 Å². The molecule has 19 heavy (non-hydrogen) atoms. The topological polar surface area (TPSA) is 38.3 Å². The Morgan fingerprint density at radius 3 is 2.37 bits per heavy atom. The number of ether oxygens (including phenoxy) is 1. The van der Waals surface area contributed by atoms with Crippen LogP contribution in [0.2, 0.25) is 0 Å². The first kappa shape index (κ1) is 14.8. The molecule has 0 saturated heterocycles. The molecule has 0 aromatic carbocycles. The number of hydrogen-bond donors (Lipinski definition) is 1. The minimum atomic E-state index is -0.381. The van der Waals surface area contributed by atoms with Crippen molar-refractivity contribution in [2.45, 2.75) is 82.7 Å². The highest BCUT2D eigenvalue weighted by molar-refractivity contribution is 5.81. The van der Waals surface area contributed by atoms with Gasteiger partial charge in [0, 0.05) is 6.04 Å². The second kappa shape index (κ2) is 6.74. The smallest absolute Gasteiger partial charge is 0.326 e. The maximum atomic E-state index is 12.3. The molecule has 0 aromatic heterocycles. The molecule has 2 fully saturated rings. The highest BCUT2D eigenvalue weighted by Crippen LogP contribution is 2.36. The van der Waals surface area contributed by atoms with Gasteiger partial charge >= 0.3 is 5.97 Å². The van der Waals surface area contributed by atoms with Crippen molar-refractivity contribution in [3.63, 3.8) is 0 Å². The highest BCUT2D eigenvalue weighted by Gasteiger charge is 2.44. The van der Waals surface area contributed by atoms with Crippen LogP contribution >= 0.6 is 0 Å². The van der Waals surface area contributed by atoms with Crippen LogP contribution in [0, 0.1) is 5.92 Å². The molecule has 2 aliphatic carbocycles. The lowest BCUT2D eigenvalue weighted by atomic mass is 9.74. The Kier molecular flexibility index (Phi) is 5.26. The van der Waals surface area contributed by atoms with E-state index in [4.69, 9.17) is 4.74 Å². The molecule has 110 valence electrons. The Morgan fingerprint density at radius 2 is 1.84 bits per heavy atom. The molecule has 0 atom stereocenters. The molecule has 0 bridgehead atoms. The van der Waals surface area contributed by atoms with E-state index in [-0.39, 0.29) is 11.5 Å². The molecule has 0 aromatic rings. The molecule has 0 radical (unpaired) electrons. The normalized spacial score (nSPS) is 32.4. The van der Waals surface area contributed by atoms with E-state index in [0.717, 1.165) is 18.8 Å². The van der Waals surface area contributed by atoms with Gasteiger partial charge in [0.15, 0.2) is 0 Å². The largest absolute Gasteiger partial charge is 0.468 e. The van der Waals surface area contributed by atoms with Crippen molar-refractivity contribution in [1.82, 2.24) is 5.32 Å². The fraction of sp³-hybridized carbons (Fsp3) is 0.938. The van der Waals surface area contributed by atoms with Gasteiger partial charge in [-0.15, -0.1) is 0 Å². The summed E-state index contributed by atoms with van der Waals surface area (Å²) in [6.07, 6.45) is 11.9. The van der Waals surface area contributed by atoms with Crippen LogP contribution in [0.1, 0.15) is 71.1 Å². The Morgan fingerprint density at radius 1 is 1.21 bits per heavy atom. The van der Waals surface area contributed by atoms with E-state index in [9.17, 15) is 4.79 Å². The molecule has 3 heteroatoms. The zero-order valence-corrected chi connectivity index (χ0v) is 12.5. The van der Waals surface area contributed by atoms with E-state index in [0.29, 0.717) is 6.04 Å². The maximum absolute atomic E-state index is 12.3. The minimum absolute atomic E-state index is 0.0330. The van der Waals surface area contributed by atoms with Crippen molar-refractivity contribution >= 4 is 5.97 Å². The second-order valence-corrected chi connectivity index (χ2v) is 6.43. The summed E-state index contributed by atoms with van der Waals surface area (Å²) in [6.45, 7) is 2.25. The van der Waals surface area contributed by atoms with Crippen LogP contribution in [0.4, 0.5) is 0 Å². The lowest BCUT2D eigenvalue weighted by molar-refractivity contribution is -0.151. The van der Waals surface area contributed by atoms with E-state index in [2.05, 4.69) is 12.2 Å². The van der Waals surface area contributed by atoms with E-state index in [1.807, 2.05) is 0 Å². The van der Waals surface area contributed by atoms with Crippen LogP contribution < -0.4 is 5.32 Å². The van der Waals surface area contributed by atoms with E-state index in [1.54, 1.807) is 0 Å². The lowest BCUT2D eigenvalue weighted by Crippen LogP contribution is -2.57. The molecule has 0 spiro atoms. The lowest BCUT2D eigenvalue weighted by Gasteiger charge is -2.40. The molecular formula is C16H29NO2. The first-order chi connectivity index (χ1) is 9.20. The zero-order valence-electron chi connectivity index (χ0n) is 12.5. The van der Waals surface area contributed by atoms with Gasteiger partial charge in [0.1, 0.15) is 5.54 Å². The van der Waals surface area contributed by atoms with Gasteiger partial charge in [-0.3, -0.25) is 10.1 Å². The molecule has 2 rings (SSSR count). The van der Waals surface area contributed by atoms with Gasteiger partial charge < -0.3 is 4.74 Å². The minimum Gasteiger partial charge on any atom is -0.468 e. The Bertz CT molecular complexity index is 289. The van der Waals surface area contributed by atoms with Gasteiger partial charge in [-0.1, -0.05) is 32.6 Å². The number of carbonyl (C=O) groups excluding carboxylic acids is 1. The zero-order chi connectivity index (χ0) is 13.7. The summed E-state index contributed by atoms with van der Waals surface area (Å²) in [5, 5.41) is 3.67. The molecule has 0 aliphatic heterocycles. The highest BCUT2D eigenvalue weighted by atomic mass is 16.5. The van der Waals surface area contributed by atoms with Crippen molar-refractivity contribution < 1.29 is 9.53 Å². The summed E-state index contributed by atoms with van der Waals surface area (Å²) >= 11 is 0. The summed E-state index contributed by atoms with van der Waals surface area (Å²) in [7, 11) is 1.53. The van der Waals surface area contributed by atoms with Crippen molar-refractivity contribution in [3.8, 4) is 0 Å². The summed E-state index contributed by atoms with van der Waals surface area (Å²) < 4.78 is 5.10. The standard InChI is InChI=1S/C16H29NO2/c1-3-6-13-9-11-16(12-10-13,15(18)19-2)17-14-7-4-5-8-14/h13-14,17H,3-12H2,1-2H3. The quantitative estimate of drug-likeness (QED) is 0.776. The van der Waals surface area contributed by atoms with Gasteiger partial charge in [0.05, 0.1) is 7.11 Å². The summed E-state index contributed by atoms with van der Waals surface area (Å²) in [5.41, 5.74) is -0.381. The Labute approximate surface area is 117 Å². The Balaban J connectivity index is 1.98. The van der Waals surface area contributed by atoms with E-state index >= 15 is 0 Å². The SMILES string of the molecule is CCCC1CCC(NC2CCCC2)(C(=O)OC)CC1. The average molecular weight is 267 g/mol. The van der Waals surface area contributed by atoms with Crippen LogP contribution in [0.5, 0.6) is 0 Å². The average Bonchev–Trinajstić information content (AvgIpc) is 2.93. The molecule has 3 nitrogen and oxygen atoms in total. The summed E-state index contributed by atoms with van der Waals surface area (Å²) in [4.78, 5) is 12.3. The van der Waals surface area contributed by atoms with Crippen LogP contribution in [0.15, 0.2) is 0 Å². The fourth-order valence-electron chi connectivity index (χ4n) is 3.93. The molecule has 0 heterocycles. The second-order valence-electron chi connectivity index (χ2n) is 6.43. The third kappa shape index (κ3) is 3.50. The monoisotopic (exact) mass is 267 g/mol. The number of methoxy groups -OCH3 is 1. The third-order valence-corrected chi connectivity index (χ3v) is 5.07. The van der Waals surface area contributed by atoms with Crippen molar-refractivity contribution in [2.24, 2.45) is 5.92 Å². The Hall–Kier alpha value is -0.570. The van der Waals surface area contributed by atoms with E-state index < -0.39 is 0 Å². The van der Waals surface area contributed by atoms with Gasteiger partial charge in [0.25, 0.3) is 0 Å². The summed E-state index contributed by atoms with van der Waals surface area (Å²) in [6, 6.07) is 0.529. The maximum Gasteiger partial charge on any atom is 0.326 e. The van der Waals surface area contributed by atoms with Gasteiger partial charge in [-0.25, -0.2) is 0 Å². The predicted molar refractivity (Wildman–Crippen MR) is 77.0 cm³/mol. The molecular weight excluding hydrogens is 238 g/mol. The first-order valence-electron chi connectivity index (χ1n) is 8.06. The van der Waals surface area contributed by atoms with E-state index in [1.165, 1.54) is 58.5 Å². The molecule has 2 aliphatic rings. The van der Waals surface area contributed by atoms with Crippen LogP contribution in [0.3, 0.4) is 0 Å². The number of hydrogen-bond acceptors (Lipinski definition) is 3. The number of rotatable bonds is 5. The fourth-order valence-corrected chi connectivity index (χ4v) is 3.93. The molecule has 1 N–H and O–H groups in total. The van der Waals surface area contributed by atoms with Crippen molar-refractivity contribution in [3.05, 3.63) is 0 Å². The van der Waals surface area contributed by atoms with Gasteiger partial charge in [-0.05, 0) is 44.4 Å². The predicted octanol–water partition coefficient (Wildman–Crippen LogP) is 3.42. The molecule has 0 unspecified atom stereocenters.